The zero-order valence-corrected chi connectivity index (χ0v) is 17.7. The van der Waals surface area contributed by atoms with Crippen LogP contribution < -0.4 is 0 Å². The van der Waals surface area contributed by atoms with Gasteiger partial charge in [-0.1, -0.05) is 61.9 Å². The molecule has 4 rings (SSSR count). The van der Waals surface area contributed by atoms with Crippen molar-refractivity contribution in [3.05, 3.63) is 65.7 Å². The number of hydrogen-bond donors (Lipinski definition) is 2. The van der Waals surface area contributed by atoms with Crippen molar-refractivity contribution in [2.45, 2.75) is 45.6 Å². The number of unbranched alkanes of at least 4 members (excludes halogenated alkanes) is 1. The van der Waals surface area contributed by atoms with Crippen molar-refractivity contribution in [1.82, 2.24) is 35.4 Å². The number of benzene rings is 2. The van der Waals surface area contributed by atoms with Crippen LogP contribution in [0.3, 0.4) is 0 Å². The highest BCUT2D eigenvalue weighted by Crippen LogP contribution is 2.29. The van der Waals surface area contributed by atoms with Gasteiger partial charge in [-0.15, -0.1) is 10.2 Å². The number of tetrazole rings is 1. The Morgan fingerprint density at radius 1 is 0.968 bits per heavy atom. The first-order valence-electron chi connectivity index (χ1n) is 10.7. The second-order valence-corrected chi connectivity index (χ2v) is 7.51. The van der Waals surface area contributed by atoms with E-state index >= 15 is 0 Å². The molecule has 2 aromatic heterocycles. The first kappa shape index (κ1) is 20.9. The Morgan fingerprint density at radius 3 is 2.48 bits per heavy atom. The first-order chi connectivity index (χ1) is 15.3. The molecule has 0 spiro atoms. The Morgan fingerprint density at radius 2 is 1.77 bits per heavy atom. The highest BCUT2D eigenvalue weighted by atomic mass is 16.2. The van der Waals surface area contributed by atoms with E-state index in [-0.39, 0.29) is 6.61 Å². The Hall–Kier alpha value is -3.39. The average molecular weight is 418 g/mol. The van der Waals surface area contributed by atoms with Gasteiger partial charge in [0.1, 0.15) is 5.82 Å². The molecule has 160 valence electrons. The van der Waals surface area contributed by atoms with Crippen LogP contribution in [0.5, 0.6) is 0 Å². The van der Waals surface area contributed by atoms with Gasteiger partial charge in [0, 0.05) is 25.0 Å². The number of nitrogens with zero attached hydrogens (tertiary/aromatic N) is 6. The van der Waals surface area contributed by atoms with Gasteiger partial charge in [0.2, 0.25) is 5.82 Å². The highest BCUT2D eigenvalue weighted by Gasteiger charge is 2.12. The van der Waals surface area contributed by atoms with Crippen molar-refractivity contribution in [3.63, 3.8) is 0 Å². The summed E-state index contributed by atoms with van der Waals surface area (Å²) in [5.74, 6) is 2.41. The van der Waals surface area contributed by atoms with Gasteiger partial charge in [0.05, 0.1) is 6.54 Å². The zero-order chi connectivity index (χ0) is 21.5. The summed E-state index contributed by atoms with van der Waals surface area (Å²) in [6.45, 7) is 2.99. The lowest BCUT2D eigenvalue weighted by atomic mass is 9.98. The monoisotopic (exact) mass is 417 g/mol. The van der Waals surface area contributed by atoms with Crippen LogP contribution in [0.1, 0.15) is 43.4 Å². The van der Waals surface area contributed by atoms with Gasteiger partial charge >= 0.3 is 0 Å². The maximum Gasteiger partial charge on any atom is 0.205 e. The van der Waals surface area contributed by atoms with Gasteiger partial charge in [-0.05, 0) is 34.7 Å². The maximum atomic E-state index is 9.21. The maximum absolute atomic E-state index is 9.21. The molecule has 2 aromatic carbocycles. The molecule has 0 fully saturated rings. The molecular formula is C23H27N7O. The molecule has 2 heterocycles. The topological polar surface area (TPSA) is 105 Å². The van der Waals surface area contributed by atoms with E-state index in [2.05, 4.69) is 57.9 Å². The van der Waals surface area contributed by atoms with Gasteiger partial charge in [-0.25, -0.2) is 9.67 Å². The lowest BCUT2D eigenvalue weighted by Gasteiger charge is -2.09. The van der Waals surface area contributed by atoms with Crippen LogP contribution in [-0.4, -0.2) is 47.1 Å². The Kier molecular flexibility index (Phi) is 6.78. The van der Waals surface area contributed by atoms with Crippen LogP contribution in [-0.2, 0) is 19.4 Å². The van der Waals surface area contributed by atoms with Crippen LogP contribution >= 0.6 is 0 Å². The van der Waals surface area contributed by atoms with E-state index < -0.39 is 0 Å². The van der Waals surface area contributed by atoms with Crippen LogP contribution in [0.25, 0.3) is 22.5 Å². The predicted octanol–water partition coefficient (Wildman–Crippen LogP) is 3.44. The normalized spacial score (nSPS) is 11.2. The van der Waals surface area contributed by atoms with Crippen molar-refractivity contribution >= 4 is 0 Å². The predicted molar refractivity (Wildman–Crippen MR) is 118 cm³/mol. The molecule has 8 heteroatoms. The van der Waals surface area contributed by atoms with Crippen molar-refractivity contribution < 1.29 is 5.11 Å². The molecule has 8 nitrogen and oxygen atoms in total. The summed E-state index contributed by atoms with van der Waals surface area (Å²) in [5.41, 5.74) is 4.23. The fourth-order valence-corrected chi connectivity index (χ4v) is 3.58. The number of nitrogens with one attached hydrogen (secondary N) is 1. The molecule has 0 aliphatic carbocycles. The van der Waals surface area contributed by atoms with E-state index in [4.69, 9.17) is 10.1 Å². The molecule has 31 heavy (non-hydrogen) atoms. The van der Waals surface area contributed by atoms with Crippen molar-refractivity contribution in [2.75, 3.05) is 6.61 Å². The smallest absolute Gasteiger partial charge is 0.205 e. The lowest BCUT2D eigenvalue weighted by molar-refractivity contribution is 0.286. The van der Waals surface area contributed by atoms with Crippen molar-refractivity contribution in [3.8, 4) is 22.5 Å². The SMILES string of the molecule is CCCCc1nc(CCCO)n(Cc2ccc(-c3ccccc3-c3nn[nH]n3)cc2)n1. The van der Waals surface area contributed by atoms with Gasteiger partial charge in [-0.2, -0.15) is 10.3 Å². The zero-order valence-electron chi connectivity index (χ0n) is 17.7. The molecule has 0 saturated heterocycles. The fourth-order valence-electron chi connectivity index (χ4n) is 3.58. The van der Waals surface area contributed by atoms with Gasteiger partial charge < -0.3 is 5.11 Å². The molecule has 2 N–H and O–H groups in total. The molecule has 0 aliphatic rings. The number of aliphatic hydroxyl groups excluding tert-OH is 1. The van der Waals surface area contributed by atoms with Crippen LogP contribution in [0.2, 0.25) is 0 Å². The standard InChI is InChI=1S/C23H27N7O/c1-2-3-9-21-24-22(10-6-15-31)30(27-21)16-17-11-13-18(14-12-17)19-7-4-5-8-20(19)23-25-28-29-26-23/h4-5,7-8,11-14,31H,2-3,6,9-10,15-16H2,1H3,(H,25,26,28,29). The summed E-state index contributed by atoms with van der Waals surface area (Å²) in [7, 11) is 0. The minimum atomic E-state index is 0.158. The second kappa shape index (κ2) is 10.1. The van der Waals surface area contributed by atoms with E-state index in [1.54, 1.807) is 0 Å². The number of H-pyrrole nitrogens is 1. The summed E-state index contributed by atoms with van der Waals surface area (Å²) in [5, 5.41) is 28.4. The third-order valence-corrected chi connectivity index (χ3v) is 5.22. The van der Waals surface area contributed by atoms with E-state index in [0.717, 1.165) is 59.6 Å². The minimum absolute atomic E-state index is 0.158. The third kappa shape index (κ3) is 5.03. The van der Waals surface area contributed by atoms with Crippen LogP contribution in [0.4, 0.5) is 0 Å². The molecule has 0 bridgehead atoms. The lowest BCUT2D eigenvalue weighted by Crippen LogP contribution is -2.08. The largest absolute Gasteiger partial charge is 0.396 e. The van der Waals surface area contributed by atoms with Crippen molar-refractivity contribution in [2.24, 2.45) is 0 Å². The average Bonchev–Trinajstić information content (AvgIpc) is 3.47. The van der Waals surface area contributed by atoms with Gasteiger partial charge in [0.15, 0.2) is 5.82 Å². The Balaban J connectivity index is 1.55. The number of aromatic amines is 1. The molecular weight excluding hydrogens is 390 g/mol. The Bertz CT molecular complexity index is 1090. The number of aromatic nitrogens is 7. The molecule has 0 saturated carbocycles. The van der Waals surface area contributed by atoms with E-state index in [9.17, 15) is 5.11 Å². The number of aliphatic hydroxyl groups is 1. The molecule has 0 amide bonds. The van der Waals surface area contributed by atoms with E-state index in [1.165, 1.54) is 0 Å². The van der Waals surface area contributed by atoms with Crippen molar-refractivity contribution in [1.29, 1.82) is 0 Å². The number of hydrogen-bond acceptors (Lipinski definition) is 6. The summed E-state index contributed by atoms with van der Waals surface area (Å²) in [6.07, 6.45) is 4.51. The summed E-state index contributed by atoms with van der Waals surface area (Å²) < 4.78 is 1.98. The van der Waals surface area contributed by atoms with Crippen LogP contribution in [0.15, 0.2) is 48.5 Å². The van der Waals surface area contributed by atoms with Gasteiger partial charge in [-0.3, -0.25) is 0 Å². The summed E-state index contributed by atoms with van der Waals surface area (Å²) >= 11 is 0. The van der Waals surface area contributed by atoms with Crippen LogP contribution in [0, 0.1) is 0 Å². The molecule has 4 aromatic rings. The minimum Gasteiger partial charge on any atom is -0.396 e. The Labute approximate surface area is 181 Å². The first-order valence-corrected chi connectivity index (χ1v) is 10.7. The molecule has 0 atom stereocenters. The molecule has 0 aliphatic heterocycles. The second-order valence-electron chi connectivity index (χ2n) is 7.51. The third-order valence-electron chi connectivity index (χ3n) is 5.22. The molecule has 0 radical (unpaired) electrons. The van der Waals surface area contributed by atoms with E-state index in [1.807, 2.05) is 22.9 Å². The molecule has 0 unspecified atom stereocenters. The number of rotatable bonds is 10. The summed E-state index contributed by atoms with van der Waals surface area (Å²) in [4.78, 5) is 4.70. The number of aryl methyl sites for hydroxylation is 2. The fraction of sp³-hybridized carbons (Fsp3) is 0.348. The quantitative estimate of drug-likeness (QED) is 0.409. The van der Waals surface area contributed by atoms with Gasteiger partial charge in [0.25, 0.3) is 0 Å². The summed E-state index contributed by atoms with van der Waals surface area (Å²) in [6, 6.07) is 16.5. The highest BCUT2D eigenvalue weighted by molar-refractivity contribution is 5.80. The van der Waals surface area contributed by atoms with E-state index in [0.29, 0.717) is 18.8 Å².